The summed E-state index contributed by atoms with van der Waals surface area (Å²) >= 11 is 0. The summed E-state index contributed by atoms with van der Waals surface area (Å²) < 4.78 is 30.4. The standard InChI is InChI=1S/C16H22N2O5.C15H20N2O6/c19-13-8-9-18(16(21)17-13)14-7-6-12(23-14)10-22-15(20)11-4-2-1-3-5-11;1-15(6-2-8-22-15)13(19)21-9-10-3-4-12(23-10)17-7-5-11(18)16-14(17)20/h8-9,11-12,14H,1-7,10H2,(H,17,19,21);5,7,10,12H,2-4,6,8-9H2,1H3,(H,16,18,20). The lowest BCUT2D eigenvalue weighted by molar-refractivity contribution is -0.169. The molecule has 6 rings (SSSR count). The number of hydrogen-bond donors (Lipinski definition) is 2. The fourth-order valence-electron chi connectivity index (χ4n) is 6.23. The van der Waals surface area contributed by atoms with Gasteiger partial charge in [0.1, 0.15) is 25.7 Å². The molecule has 5 unspecified atom stereocenters. The molecule has 15 heteroatoms. The zero-order valence-electron chi connectivity index (χ0n) is 26.0. The van der Waals surface area contributed by atoms with E-state index in [-0.39, 0.29) is 43.3 Å². The summed E-state index contributed by atoms with van der Waals surface area (Å²) in [6.45, 7) is 2.67. The first-order valence-electron chi connectivity index (χ1n) is 16.0. The number of ether oxygens (including phenoxy) is 5. The Kier molecular flexibility index (Phi) is 11.1. The highest BCUT2D eigenvalue weighted by atomic mass is 16.6. The second-order valence-electron chi connectivity index (χ2n) is 12.4. The van der Waals surface area contributed by atoms with Gasteiger partial charge in [0, 0.05) is 31.1 Å². The Labute approximate surface area is 264 Å². The Morgan fingerprint density at radius 1 is 0.783 bits per heavy atom. The molecule has 0 aromatic carbocycles. The molecule has 4 aliphatic rings. The van der Waals surface area contributed by atoms with Crippen molar-refractivity contribution in [3.63, 3.8) is 0 Å². The van der Waals surface area contributed by atoms with E-state index in [4.69, 9.17) is 23.7 Å². The van der Waals surface area contributed by atoms with Gasteiger partial charge in [-0.25, -0.2) is 14.4 Å². The number of rotatable bonds is 8. The Morgan fingerprint density at radius 2 is 1.33 bits per heavy atom. The number of hydrogen-bond acceptors (Lipinski definition) is 11. The molecule has 4 fully saturated rings. The van der Waals surface area contributed by atoms with Gasteiger partial charge in [-0.1, -0.05) is 19.3 Å². The predicted octanol–water partition coefficient (Wildman–Crippen LogP) is 1.66. The fourth-order valence-corrected chi connectivity index (χ4v) is 6.23. The molecular formula is C31H42N4O11. The third kappa shape index (κ3) is 8.50. The number of H-pyrrole nitrogens is 2. The lowest BCUT2D eigenvalue weighted by atomic mass is 9.89. The van der Waals surface area contributed by atoms with Crippen molar-refractivity contribution in [1.82, 2.24) is 19.1 Å². The highest BCUT2D eigenvalue weighted by Crippen LogP contribution is 2.30. The van der Waals surface area contributed by atoms with Crippen LogP contribution in [0.3, 0.4) is 0 Å². The van der Waals surface area contributed by atoms with Crippen LogP contribution in [0.2, 0.25) is 0 Å². The van der Waals surface area contributed by atoms with E-state index in [0.29, 0.717) is 38.7 Å². The van der Waals surface area contributed by atoms with Crippen molar-refractivity contribution in [2.24, 2.45) is 5.92 Å². The van der Waals surface area contributed by atoms with E-state index in [1.165, 1.54) is 40.1 Å². The second-order valence-corrected chi connectivity index (χ2v) is 12.4. The van der Waals surface area contributed by atoms with Gasteiger partial charge in [-0.15, -0.1) is 0 Å². The van der Waals surface area contributed by atoms with Crippen molar-refractivity contribution < 1.29 is 33.3 Å². The van der Waals surface area contributed by atoms with E-state index < -0.39 is 40.6 Å². The van der Waals surface area contributed by atoms with Gasteiger partial charge in [0.25, 0.3) is 11.1 Å². The van der Waals surface area contributed by atoms with Gasteiger partial charge < -0.3 is 23.7 Å². The molecule has 0 bridgehead atoms. The van der Waals surface area contributed by atoms with E-state index in [1.54, 1.807) is 6.92 Å². The number of aromatic nitrogens is 4. The van der Waals surface area contributed by atoms with Crippen molar-refractivity contribution in [3.8, 4) is 0 Å². The number of carbonyl (C=O) groups is 2. The van der Waals surface area contributed by atoms with Crippen LogP contribution in [0.25, 0.3) is 0 Å². The highest BCUT2D eigenvalue weighted by molar-refractivity contribution is 5.79. The predicted molar refractivity (Wildman–Crippen MR) is 161 cm³/mol. The van der Waals surface area contributed by atoms with Crippen molar-refractivity contribution in [2.45, 2.75) is 108 Å². The SMILES string of the molecule is CC1(C(=O)OCC2CCC(n3ccc(=O)[nH]c3=O)O2)CCCO1.O=C(OCC1CCC(n2ccc(=O)[nH]c2=O)O1)C1CCCCC1. The monoisotopic (exact) mass is 646 g/mol. The molecule has 2 aromatic rings. The Hall–Kier alpha value is -3.82. The van der Waals surface area contributed by atoms with E-state index in [9.17, 15) is 28.8 Å². The number of esters is 2. The maximum absolute atomic E-state index is 12.1. The van der Waals surface area contributed by atoms with E-state index >= 15 is 0 Å². The third-order valence-electron chi connectivity index (χ3n) is 8.89. The summed E-state index contributed by atoms with van der Waals surface area (Å²) in [5, 5.41) is 0. The summed E-state index contributed by atoms with van der Waals surface area (Å²) in [4.78, 5) is 74.1. The molecule has 3 aliphatic heterocycles. The van der Waals surface area contributed by atoms with E-state index in [0.717, 1.165) is 32.1 Å². The second kappa shape index (κ2) is 15.2. The van der Waals surface area contributed by atoms with Gasteiger partial charge in [-0.05, 0) is 58.3 Å². The molecule has 0 spiro atoms. The van der Waals surface area contributed by atoms with E-state index in [2.05, 4.69) is 9.97 Å². The van der Waals surface area contributed by atoms with Crippen LogP contribution in [0, 0.1) is 5.92 Å². The number of nitrogens with zero attached hydrogens (tertiary/aromatic N) is 2. The average molecular weight is 647 g/mol. The molecule has 0 radical (unpaired) electrons. The summed E-state index contributed by atoms with van der Waals surface area (Å²) in [5.74, 6) is -0.469. The van der Waals surface area contributed by atoms with Gasteiger partial charge in [0.05, 0.1) is 18.1 Å². The largest absolute Gasteiger partial charge is 0.463 e. The number of carbonyl (C=O) groups excluding carboxylic acids is 2. The lowest BCUT2D eigenvalue weighted by Gasteiger charge is -2.22. The van der Waals surface area contributed by atoms with Crippen LogP contribution in [-0.2, 0) is 33.3 Å². The molecule has 1 aliphatic carbocycles. The molecule has 0 amide bonds. The molecule has 2 aromatic heterocycles. The van der Waals surface area contributed by atoms with Crippen molar-refractivity contribution >= 4 is 11.9 Å². The molecule has 15 nitrogen and oxygen atoms in total. The molecule has 5 heterocycles. The topological polar surface area (TPSA) is 190 Å². The Morgan fingerprint density at radius 3 is 1.83 bits per heavy atom. The minimum atomic E-state index is -0.853. The minimum Gasteiger partial charge on any atom is -0.463 e. The lowest BCUT2D eigenvalue weighted by Crippen LogP contribution is -2.37. The summed E-state index contributed by atoms with van der Waals surface area (Å²) in [7, 11) is 0. The maximum Gasteiger partial charge on any atom is 0.338 e. The fraction of sp³-hybridized carbons (Fsp3) is 0.677. The van der Waals surface area contributed by atoms with Crippen molar-refractivity contribution in [2.75, 3.05) is 19.8 Å². The number of aromatic amines is 2. The zero-order chi connectivity index (χ0) is 32.7. The molecule has 252 valence electrons. The normalized spacial score (nSPS) is 27.9. The van der Waals surface area contributed by atoms with Crippen molar-refractivity contribution in [3.05, 3.63) is 66.2 Å². The number of nitrogens with one attached hydrogen (secondary N) is 2. The van der Waals surface area contributed by atoms with Gasteiger partial charge >= 0.3 is 23.3 Å². The van der Waals surface area contributed by atoms with Gasteiger partial charge in [0.2, 0.25) is 0 Å². The molecule has 5 atom stereocenters. The average Bonchev–Trinajstić information content (AvgIpc) is 3.82. The molecule has 1 saturated carbocycles. The first-order chi connectivity index (χ1) is 22.1. The zero-order valence-corrected chi connectivity index (χ0v) is 26.0. The summed E-state index contributed by atoms with van der Waals surface area (Å²) in [6, 6.07) is 2.57. The summed E-state index contributed by atoms with van der Waals surface area (Å²) in [6.07, 6.45) is 10.9. The van der Waals surface area contributed by atoms with Crippen LogP contribution in [0.4, 0.5) is 0 Å². The maximum atomic E-state index is 12.1. The first kappa shape index (κ1) is 33.5. The van der Waals surface area contributed by atoms with Crippen LogP contribution in [0.5, 0.6) is 0 Å². The third-order valence-corrected chi connectivity index (χ3v) is 8.89. The van der Waals surface area contributed by atoms with Crippen molar-refractivity contribution in [1.29, 1.82) is 0 Å². The molecule has 46 heavy (non-hydrogen) atoms. The van der Waals surface area contributed by atoms with Crippen LogP contribution in [0.1, 0.15) is 90.0 Å². The van der Waals surface area contributed by atoms with Crippen LogP contribution < -0.4 is 22.5 Å². The quantitative estimate of drug-likeness (QED) is 0.397. The van der Waals surface area contributed by atoms with Crippen LogP contribution in [0.15, 0.2) is 43.7 Å². The van der Waals surface area contributed by atoms with Crippen LogP contribution in [-0.4, -0.2) is 68.7 Å². The smallest absolute Gasteiger partial charge is 0.338 e. The van der Waals surface area contributed by atoms with Crippen LogP contribution >= 0.6 is 0 Å². The summed E-state index contributed by atoms with van der Waals surface area (Å²) in [5.41, 5.74) is -2.72. The molecule has 2 N–H and O–H groups in total. The molecule has 3 saturated heterocycles. The van der Waals surface area contributed by atoms with Gasteiger partial charge in [-0.3, -0.25) is 33.5 Å². The van der Waals surface area contributed by atoms with Gasteiger partial charge in [-0.2, -0.15) is 0 Å². The van der Waals surface area contributed by atoms with E-state index in [1.807, 2.05) is 0 Å². The molecular weight excluding hydrogens is 604 g/mol. The first-order valence-corrected chi connectivity index (χ1v) is 16.0. The Balaban J connectivity index is 0.000000181. The highest BCUT2D eigenvalue weighted by Gasteiger charge is 2.40. The minimum absolute atomic E-state index is 0.0303. The van der Waals surface area contributed by atoms with Gasteiger partial charge in [0.15, 0.2) is 5.60 Å². The Bertz CT molecular complexity index is 1580.